The van der Waals surface area contributed by atoms with Gasteiger partial charge in [0.1, 0.15) is 0 Å². The molecule has 0 bridgehead atoms. The molecule has 0 spiro atoms. The van der Waals surface area contributed by atoms with Crippen molar-refractivity contribution in [1.82, 2.24) is 0 Å². The van der Waals surface area contributed by atoms with E-state index in [-0.39, 0.29) is 37.2 Å². The van der Waals surface area contributed by atoms with E-state index in [1.807, 2.05) is 0 Å². The van der Waals surface area contributed by atoms with Crippen molar-refractivity contribution in [2.45, 2.75) is 16.5 Å². The molecule has 2 aliphatic rings. The van der Waals surface area contributed by atoms with Crippen LogP contribution in [-0.2, 0) is 24.4 Å². The van der Waals surface area contributed by atoms with Crippen molar-refractivity contribution in [2.24, 2.45) is 11.8 Å². The summed E-state index contributed by atoms with van der Waals surface area (Å²) in [6.07, 6.45) is 12.2. The molecule has 3 unspecified atom stereocenters. The first-order valence-electron chi connectivity index (χ1n) is 3.94. The van der Waals surface area contributed by atoms with E-state index < -0.39 is 0 Å². The van der Waals surface area contributed by atoms with Gasteiger partial charge in [-0.15, -0.1) is 0 Å². The maximum atomic E-state index is 2.41. The molecular formula is C9H11Cl3Hf. The summed E-state index contributed by atoms with van der Waals surface area (Å²) in [4.78, 5) is 0. The van der Waals surface area contributed by atoms with Gasteiger partial charge in [0.05, 0.1) is 0 Å². The fourth-order valence-corrected chi connectivity index (χ4v) is 3.84. The predicted molar refractivity (Wildman–Crippen MR) is 38.2 cm³/mol. The van der Waals surface area contributed by atoms with Crippen LogP contribution in [0.2, 0.25) is 3.67 Å². The standard InChI is InChI=1S/C9H11.3ClH.Hf/c1-2-5-9-7-3-6-8(9)4-1;;;;/h1-2,4-6,8-9H,3,7H2;3*1H;/q;;;;+3/p-3. The van der Waals surface area contributed by atoms with Crippen LogP contribution in [0, 0.1) is 11.8 Å². The Hall–Kier alpha value is 1.22. The van der Waals surface area contributed by atoms with Gasteiger partial charge in [-0.3, -0.25) is 0 Å². The topological polar surface area (TPSA) is 0 Å². The molecule has 0 aromatic rings. The Bertz CT molecular complexity index is 191. The Labute approximate surface area is 113 Å². The zero-order valence-corrected chi connectivity index (χ0v) is 13.0. The first-order valence-corrected chi connectivity index (χ1v) is 6.01. The van der Waals surface area contributed by atoms with Gasteiger partial charge in [-0.25, -0.2) is 0 Å². The summed E-state index contributed by atoms with van der Waals surface area (Å²) in [5, 5.41) is 0. The van der Waals surface area contributed by atoms with E-state index in [1.165, 1.54) is 37.2 Å². The minimum absolute atomic E-state index is 0. The van der Waals surface area contributed by atoms with Crippen LogP contribution in [0.15, 0.2) is 24.3 Å². The number of hydrogen-bond donors (Lipinski definition) is 0. The average molecular weight is 404 g/mol. The van der Waals surface area contributed by atoms with Gasteiger partial charge in [-0.2, -0.15) is 0 Å². The molecule has 3 atom stereocenters. The van der Waals surface area contributed by atoms with Crippen molar-refractivity contribution in [3.63, 3.8) is 0 Å². The summed E-state index contributed by atoms with van der Waals surface area (Å²) in [5.41, 5.74) is 0. The normalized spacial score (nSPS) is 33.8. The molecule has 0 aliphatic heterocycles. The summed E-state index contributed by atoms with van der Waals surface area (Å²) in [5.74, 6) is 1.84. The second kappa shape index (κ2) is 7.50. The van der Waals surface area contributed by atoms with Crippen LogP contribution in [-0.4, -0.2) is 0 Å². The molecule has 0 saturated heterocycles. The van der Waals surface area contributed by atoms with E-state index in [9.17, 15) is 0 Å². The van der Waals surface area contributed by atoms with Gasteiger partial charge < -0.3 is 37.2 Å². The van der Waals surface area contributed by atoms with Crippen molar-refractivity contribution in [1.29, 1.82) is 0 Å². The molecule has 1 saturated carbocycles. The molecule has 4 heteroatoms. The van der Waals surface area contributed by atoms with Gasteiger partial charge in [-0.05, 0) is 0 Å². The van der Waals surface area contributed by atoms with Crippen LogP contribution >= 0.6 is 0 Å². The molecule has 0 aromatic carbocycles. The molecule has 72 valence electrons. The molecule has 0 amide bonds. The summed E-state index contributed by atoms with van der Waals surface area (Å²) in [7, 11) is 0. The van der Waals surface area contributed by atoms with E-state index in [0.717, 1.165) is 15.5 Å². The molecule has 0 N–H and O–H groups in total. The van der Waals surface area contributed by atoms with Gasteiger partial charge in [0.15, 0.2) is 0 Å². The van der Waals surface area contributed by atoms with Crippen molar-refractivity contribution >= 4 is 0 Å². The second-order valence-electron chi connectivity index (χ2n) is 3.19. The molecule has 2 aliphatic carbocycles. The zero-order valence-electron chi connectivity index (χ0n) is 7.09. The summed E-state index contributed by atoms with van der Waals surface area (Å²) in [6, 6.07) is 0. The van der Waals surface area contributed by atoms with Crippen LogP contribution in [0.1, 0.15) is 12.8 Å². The first-order chi connectivity index (χ1) is 4.88. The van der Waals surface area contributed by atoms with Crippen molar-refractivity contribution < 1.29 is 61.6 Å². The van der Waals surface area contributed by atoms with E-state index >= 15 is 0 Å². The van der Waals surface area contributed by atoms with Crippen LogP contribution in [0.5, 0.6) is 0 Å². The molecule has 0 radical (unpaired) electrons. The van der Waals surface area contributed by atoms with Gasteiger partial charge in [0.2, 0.25) is 0 Å². The minimum atomic E-state index is 0. The summed E-state index contributed by atoms with van der Waals surface area (Å²) in [6.45, 7) is 0. The SMILES string of the molecule is [Cl-].[Cl-].[Cl-].[Hf+3][CH]1CCC2C=CC=CC12. The third-order valence-corrected chi connectivity index (χ3v) is 4.99. The fraction of sp³-hybridized carbons (Fsp3) is 0.556. The second-order valence-corrected chi connectivity index (χ2v) is 5.86. The number of allylic oxidation sites excluding steroid dienone is 4. The van der Waals surface area contributed by atoms with Crippen LogP contribution in [0.25, 0.3) is 0 Å². The third-order valence-electron chi connectivity index (χ3n) is 2.57. The molecule has 2 rings (SSSR count). The van der Waals surface area contributed by atoms with Gasteiger partial charge in [0.25, 0.3) is 0 Å². The average Bonchev–Trinajstić information content (AvgIpc) is 2.34. The Morgan fingerprint density at radius 3 is 2.15 bits per heavy atom. The van der Waals surface area contributed by atoms with Crippen LogP contribution in [0.3, 0.4) is 0 Å². The number of fused-ring (bicyclic) bond motifs is 1. The molecule has 0 nitrogen and oxygen atoms in total. The van der Waals surface area contributed by atoms with E-state index in [0.29, 0.717) is 0 Å². The zero-order chi connectivity index (χ0) is 6.97. The van der Waals surface area contributed by atoms with Gasteiger partial charge in [-0.1, -0.05) is 0 Å². The maximum absolute atomic E-state index is 2.41. The Morgan fingerprint density at radius 1 is 0.923 bits per heavy atom. The number of halogens is 3. The molecule has 0 aromatic heterocycles. The predicted octanol–water partition coefficient (Wildman–Crippen LogP) is -6.51. The van der Waals surface area contributed by atoms with Crippen molar-refractivity contribution in [2.75, 3.05) is 0 Å². The molecule has 1 fully saturated rings. The summed E-state index contributed by atoms with van der Waals surface area (Å²) >= 11 is 1.39. The monoisotopic (exact) mass is 404 g/mol. The summed E-state index contributed by atoms with van der Waals surface area (Å²) < 4.78 is 1.06. The van der Waals surface area contributed by atoms with Crippen LogP contribution in [0.4, 0.5) is 0 Å². The fourth-order valence-electron chi connectivity index (χ4n) is 1.96. The van der Waals surface area contributed by atoms with E-state index in [1.54, 1.807) is 0 Å². The van der Waals surface area contributed by atoms with Gasteiger partial charge in [0, 0.05) is 0 Å². The van der Waals surface area contributed by atoms with Crippen molar-refractivity contribution in [3.8, 4) is 0 Å². The molecule has 0 heterocycles. The first kappa shape index (κ1) is 16.6. The Morgan fingerprint density at radius 2 is 1.54 bits per heavy atom. The van der Waals surface area contributed by atoms with E-state index in [2.05, 4.69) is 24.3 Å². The number of hydrogen-bond acceptors (Lipinski definition) is 0. The molecule has 13 heavy (non-hydrogen) atoms. The van der Waals surface area contributed by atoms with Gasteiger partial charge >= 0.3 is 77.0 Å². The molecular weight excluding hydrogens is 393 g/mol. The van der Waals surface area contributed by atoms with Crippen LogP contribution < -0.4 is 37.2 Å². The quantitative estimate of drug-likeness (QED) is 0.353. The number of rotatable bonds is 0. The van der Waals surface area contributed by atoms with E-state index in [4.69, 9.17) is 0 Å². The van der Waals surface area contributed by atoms with Crippen molar-refractivity contribution in [3.05, 3.63) is 24.3 Å². The Kier molecular flexibility index (Phi) is 9.61. The Balaban J connectivity index is 0. The third kappa shape index (κ3) is 3.70.